The molecule has 0 radical (unpaired) electrons. The Labute approximate surface area is 124 Å². The summed E-state index contributed by atoms with van der Waals surface area (Å²) < 4.78 is 1.62. The van der Waals surface area contributed by atoms with Crippen LogP contribution in [0, 0.1) is 6.92 Å². The Morgan fingerprint density at radius 2 is 2.05 bits per heavy atom. The average molecular weight is 293 g/mol. The van der Waals surface area contributed by atoms with E-state index in [4.69, 9.17) is 5.73 Å². The molecular formula is C14H23N5O2. The molecule has 116 valence electrons. The highest BCUT2D eigenvalue weighted by molar-refractivity contribution is 5.95. The largest absolute Gasteiger partial charge is 0.368 e. The minimum absolute atomic E-state index is 0.0877. The van der Waals surface area contributed by atoms with Gasteiger partial charge in [0.05, 0.1) is 11.3 Å². The van der Waals surface area contributed by atoms with Gasteiger partial charge in [0.15, 0.2) is 0 Å². The third-order valence-corrected chi connectivity index (χ3v) is 3.94. The topological polar surface area (TPSA) is 84.5 Å². The number of primary amides is 1. The lowest BCUT2D eigenvalue weighted by atomic mass is 10.1. The molecule has 7 nitrogen and oxygen atoms in total. The third kappa shape index (κ3) is 3.07. The van der Waals surface area contributed by atoms with Crippen molar-refractivity contribution in [1.82, 2.24) is 19.6 Å². The Hall–Kier alpha value is -1.89. The lowest BCUT2D eigenvalue weighted by molar-refractivity contribution is -0.126. The second-order valence-corrected chi connectivity index (χ2v) is 5.80. The summed E-state index contributed by atoms with van der Waals surface area (Å²) in [5.41, 5.74) is 6.78. The molecule has 0 aromatic carbocycles. The van der Waals surface area contributed by atoms with E-state index in [9.17, 15) is 9.59 Å². The molecule has 1 aromatic rings. The molecule has 0 bridgehead atoms. The van der Waals surface area contributed by atoms with Gasteiger partial charge in [0, 0.05) is 38.9 Å². The van der Waals surface area contributed by atoms with Crippen molar-refractivity contribution in [2.45, 2.75) is 32.9 Å². The summed E-state index contributed by atoms with van der Waals surface area (Å²) >= 11 is 0. The van der Waals surface area contributed by atoms with Gasteiger partial charge in [0.2, 0.25) is 5.91 Å². The van der Waals surface area contributed by atoms with Crippen LogP contribution in [-0.2, 0) is 11.8 Å². The summed E-state index contributed by atoms with van der Waals surface area (Å²) in [6.07, 6.45) is 1.71. The first-order chi connectivity index (χ1) is 9.81. The molecule has 1 atom stereocenters. The number of carbonyl (C=O) groups excluding carboxylic acids is 2. The Bertz CT molecular complexity index is 552. The lowest BCUT2D eigenvalue weighted by Gasteiger charge is -2.41. The minimum Gasteiger partial charge on any atom is -0.368 e. The molecule has 1 saturated heterocycles. The van der Waals surface area contributed by atoms with Crippen LogP contribution < -0.4 is 5.73 Å². The number of rotatable bonds is 3. The van der Waals surface area contributed by atoms with Crippen molar-refractivity contribution in [2.24, 2.45) is 12.8 Å². The number of aromatic nitrogens is 2. The van der Waals surface area contributed by atoms with E-state index in [2.05, 4.69) is 5.10 Å². The average Bonchev–Trinajstić information content (AvgIpc) is 2.76. The van der Waals surface area contributed by atoms with E-state index in [0.29, 0.717) is 30.9 Å². The first-order valence-electron chi connectivity index (χ1n) is 7.15. The number of carbonyl (C=O) groups is 2. The molecule has 0 unspecified atom stereocenters. The van der Waals surface area contributed by atoms with Gasteiger partial charge in [0.25, 0.3) is 5.91 Å². The monoisotopic (exact) mass is 293 g/mol. The molecule has 1 aliphatic heterocycles. The highest BCUT2D eigenvalue weighted by Crippen LogP contribution is 2.17. The highest BCUT2D eigenvalue weighted by atomic mass is 16.2. The zero-order valence-electron chi connectivity index (χ0n) is 13.0. The first-order valence-corrected chi connectivity index (χ1v) is 7.15. The molecule has 2 N–H and O–H groups in total. The number of nitrogens with zero attached hydrogens (tertiary/aromatic N) is 4. The summed E-state index contributed by atoms with van der Waals surface area (Å²) in [4.78, 5) is 28.0. The number of hydrogen-bond donors (Lipinski definition) is 1. The number of nitrogens with two attached hydrogens (primary N) is 1. The molecule has 2 heterocycles. The number of aryl methyl sites for hydroxylation is 2. The summed E-state index contributed by atoms with van der Waals surface area (Å²) in [6, 6.07) is -0.209. The van der Waals surface area contributed by atoms with Crippen LogP contribution in [-0.4, -0.2) is 63.1 Å². The second-order valence-electron chi connectivity index (χ2n) is 5.80. The normalized spacial score (nSPS) is 20.0. The Morgan fingerprint density at radius 1 is 1.38 bits per heavy atom. The van der Waals surface area contributed by atoms with Crippen LogP contribution in [0.15, 0.2) is 6.20 Å². The van der Waals surface area contributed by atoms with E-state index >= 15 is 0 Å². The van der Waals surface area contributed by atoms with E-state index in [1.165, 1.54) is 0 Å². The Kier molecular flexibility index (Phi) is 4.32. The van der Waals surface area contributed by atoms with E-state index in [-0.39, 0.29) is 17.9 Å². The van der Waals surface area contributed by atoms with Crippen molar-refractivity contribution in [3.63, 3.8) is 0 Å². The van der Waals surface area contributed by atoms with Gasteiger partial charge >= 0.3 is 0 Å². The van der Waals surface area contributed by atoms with E-state index in [1.807, 2.05) is 25.7 Å². The molecule has 0 saturated carbocycles. The van der Waals surface area contributed by atoms with Gasteiger partial charge < -0.3 is 10.6 Å². The molecule has 2 rings (SSSR count). The molecule has 21 heavy (non-hydrogen) atoms. The Balaban J connectivity index is 2.17. The lowest BCUT2D eigenvalue weighted by Crippen LogP contribution is -2.61. The molecule has 2 amide bonds. The van der Waals surface area contributed by atoms with E-state index < -0.39 is 6.04 Å². The van der Waals surface area contributed by atoms with Crippen molar-refractivity contribution in [2.75, 3.05) is 19.6 Å². The fourth-order valence-corrected chi connectivity index (χ4v) is 2.83. The summed E-state index contributed by atoms with van der Waals surface area (Å²) in [5, 5.41) is 4.19. The van der Waals surface area contributed by atoms with Crippen molar-refractivity contribution >= 4 is 11.8 Å². The quantitative estimate of drug-likeness (QED) is 0.833. The zero-order chi connectivity index (χ0) is 15.7. The van der Waals surface area contributed by atoms with Crippen LogP contribution in [0.2, 0.25) is 0 Å². The smallest absolute Gasteiger partial charge is 0.257 e. The maximum absolute atomic E-state index is 12.6. The second kappa shape index (κ2) is 5.85. The van der Waals surface area contributed by atoms with Crippen molar-refractivity contribution in [3.05, 3.63) is 17.5 Å². The van der Waals surface area contributed by atoms with Gasteiger partial charge in [-0.1, -0.05) is 0 Å². The van der Waals surface area contributed by atoms with Gasteiger partial charge in [0.1, 0.15) is 6.04 Å². The van der Waals surface area contributed by atoms with Crippen LogP contribution in [0.4, 0.5) is 0 Å². The van der Waals surface area contributed by atoms with Gasteiger partial charge in [-0.3, -0.25) is 19.2 Å². The van der Waals surface area contributed by atoms with Crippen molar-refractivity contribution < 1.29 is 9.59 Å². The summed E-state index contributed by atoms with van der Waals surface area (Å²) in [7, 11) is 1.78. The standard InChI is InChI=1S/C14H23N5O2/c1-9(2)19-6-5-18(8-12(19)13(15)20)14(21)11-7-17(4)16-10(11)3/h7,9,12H,5-6,8H2,1-4H3,(H2,15,20)/t12-/m0/s1. The van der Waals surface area contributed by atoms with Crippen molar-refractivity contribution in [1.29, 1.82) is 0 Å². The zero-order valence-corrected chi connectivity index (χ0v) is 13.0. The van der Waals surface area contributed by atoms with E-state index in [0.717, 1.165) is 0 Å². The molecule has 0 spiro atoms. The summed E-state index contributed by atoms with van der Waals surface area (Å²) in [6.45, 7) is 7.44. The van der Waals surface area contributed by atoms with Crippen LogP contribution in [0.1, 0.15) is 29.9 Å². The van der Waals surface area contributed by atoms with Gasteiger partial charge in [-0.25, -0.2) is 0 Å². The molecule has 1 fully saturated rings. The number of hydrogen-bond acceptors (Lipinski definition) is 4. The van der Waals surface area contributed by atoms with Crippen LogP contribution in [0.25, 0.3) is 0 Å². The minimum atomic E-state index is -0.431. The predicted octanol–water partition coefficient (Wildman–Crippen LogP) is -0.251. The maximum Gasteiger partial charge on any atom is 0.257 e. The fraction of sp³-hybridized carbons (Fsp3) is 0.643. The molecular weight excluding hydrogens is 270 g/mol. The molecule has 7 heteroatoms. The molecule has 0 aliphatic carbocycles. The van der Waals surface area contributed by atoms with Crippen molar-refractivity contribution in [3.8, 4) is 0 Å². The first kappa shape index (κ1) is 15.5. The molecule has 1 aliphatic rings. The number of piperazine rings is 1. The van der Waals surface area contributed by atoms with Gasteiger partial charge in [-0.2, -0.15) is 5.10 Å². The maximum atomic E-state index is 12.6. The van der Waals surface area contributed by atoms with Gasteiger partial charge in [-0.15, -0.1) is 0 Å². The molecule has 1 aromatic heterocycles. The SMILES string of the molecule is Cc1nn(C)cc1C(=O)N1CCN(C(C)C)[C@H](C(N)=O)C1. The van der Waals surface area contributed by atoms with Crippen LogP contribution in [0.3, 0.4) is 0 Å². The van der Waals surface area contributed by atoms with Gasteiger partial charge in [-0.05, 0) is 20.8 Å². The van der Waals surface area contributed by atoms with E-state index in [1.54, 1.807) is 22.8 Å². The van der Waals surface area contributed by atoms with Crippen LogP contribution in [0.5, 0.6) is 0 Å². The highest BCUT2D eigenvalue weighted by Gasteiger charge is 2.35. The predicted molar refractivity (Wildman–Crippen MR) is 78.7 cm³/mol. The van der Waals surface area contributed by atoms with Crippen LogP contribution >= 0.6 is 0 Å². The Morgan fingerprint density at radius 3 is 2.52 bits per heavy atom. The summed E-state index contributed by atoms with van der Waals surface area (Å²) in [5.74, 6) is -0.473. The third-order valence-electron chi connectivity index (χ3n) is 3.94. The fourth-order valence-electron chi connectivity index (χ4n) is 2.83. The number of amides is 2.